The van der Waals surface area contributed by atoms with Gasteiger partial charge in [0.15, 0.2) is 0 Å². The van der Waals surface area contributed by atoms with Crippen molar-refractivity contribution in [1.29, 1.82) is 0 Å². The van der Waals surface area contributed by atoms with Crippen molar-refractivity contribution in [2.24, 2.45) is 0 Å². The van der Waals surface area contributed by atoms with E-state index in [0.717, 1.165) is 22.2 Å². The highest BCUT2D eigenvalue weighted by Gasteiger charge is 2.50. The van der Waals surface area contributed by atoms with E-state index in [1.807, 2.05) is 11.8 Å². The predicted octanol–water partition coefficient (Wildman–Crippen LogP) is 13.0. The number of rotatable bonds is 2. The maximum Gasteiger partial charge on any atom is 0.138 e. The molecule has 12 rings (SSSR count). The standard InChI is InChI=1S/C50H30N2S/c1-2-14-31(15-3-1)37-30-46(51-42-24-12-8-20-36(37)42)52-43-28-26-32-16-4-5-17-33(32)47(43)48-44(52)29-27-41-49(48)53-45-25-13-11-23-40(45)50(41)38-21-9-6-18-34(38)35-19-7-10-22-39(35)50/h1-30H. The fourth-order valence-electron chi connectivity index (χ4n) is 9.56. The first kappa shape index (κ1) is 29.2. The molecule has 2 aliphatic rings. The highest BCUT2D eigenvalue weighted by atomic mass is 32.2. The molecule has 8 aromatic carbocycles. The molecule has 0 bridgehead atoms. The summed E-state index contributed by atoms with van der Waals surface area (Å²) in [6.07, 6.45) is 0. The molecule has 0 unspecified atom stereocenters. The fourth-order valence-corrected chi connectivity index (χ4v) is 10.9. The lowest BCUT2D eigenvalue weighted by Gasteiger charge is -2.40. The Morgan fingerprint density at radius 3 is 1.89 bits per heavy atom. The lowest BCUT2D eigenvalue weighted by Crippen LogP contribution is -2.32. The zero-order valence-electron chi connectivity index (χ0n) is 28.6. The van der Waals surface area contributed by atoms with E-state index in [-0.39, 0.29) is 0 Å². The molecule has 0 radical (unpaired) electrons. The van der Waals surface area contributed by atoms with Crippen molar-refractivity contribution in [2.45, 2.75) is 15.2 Å². The third-order valence-corrected chi connectivity index (χ3v) is 12.9. The predicted molar refractivity (Wildman–Crippen MR) is 220 cm³/mol. The van der Waals surface area contributed by atoms with Crippen LogP contribution in [-0.2, 0) is 5.41 Å². The Balaban J connectivity index is 1.26. The van der Waals surface area contributed by atoms with Crippen molar-refractivity contribution in [3.05, 3.63) is 204 Å². The molecule has 0 saturated carbocycles. The first-order valence-electron chi connectivity index (χ1n) is 18.2. The number of hydrogen-bond donors (Lipinski definition) is 0. The second kappa shape index (κ2) is 10.8. The Kier molecular flexibility index (Phi) is 5.95. The van der Waals surface area contributed by atoms with Crippen LogP contribution in [0.5, 0.6) is 0 Å². The van der Waals surface area contributed by atoms with Gasteiger partial charge in [-0.1, -0.05) is 163 Å². The molecule has 1 aliphatic carbocycles. The average molecular weight is 691 g/mol. The molecule has 0 fully saturated rings. The number of fused-ring (bicyclic) bond motifs is 16. The molecule has 3 heteroatoms. The van der Waals surface area contributed by atoms with Gasteiger partial charge in [-0.15, -0.1) is 0 Å². The van der Waals surface area contributed by atoms with Gasteiger partial charge in [0.05, 0.1) is 22.0 Å². The molecule has 246 valence electrons. The summed E-state index contributed by atoms with van der Waals surface area (Å²) in [5.74, 6) is 0.922. The molecular formula is C50H30N2S. The molecular weight excluding hydrogens is 661 g/mol. The maximum atomic E-state index is 5.42. The SMILES string of the molecule is c1ccc(-c2cc(-n3c4ccc5c(c4c4c6ccccc6ccc43)Sc3ccccc3C53c4ccccc4-c4ccccc43)nc3ccccc23)cc1. The van der Waals surface area contributed by atoms with E-state index in [1.165, 1.54) is 81.4 Å². The summed E-state index contributed by atoms with van der Waals surface area (Å²) in [7, 11) is 0. The minimum atomic E-state index is -0.445. The molecule has 10 aromatic rings. The summed E-state index contributed by atoms with van der Waals surface area (Å²) in [5, 5.41) is 6.20. The highest BCUT2D eigenvalue weighted by Crippen LogP contribution is 2.63. The van der Waals surface area contributed by atoms with E-state index >= 15 is 0 Å². The minimum Gasteiger partial charge on any atom is -0.294 e. The summed E-state index contributed by atoms with van der Waals surface area (Å²) in [6, 6.07) is 67.0. The van der Waals surface area contributed by atoms with E-state index < -0.39 is 5.41 Å². The van der Waals surface area contributed by atoms with Crippen LogP contribution in [-0.4, -0.2) is 9.55 Å². The van der Waals surface area contributed by atoms with Crippen LogP contribution in [0, 0.1) is 0 Å². The Bertz CT molecular complexity index is 3110. The zero-order valence-corrected chi connectivity index (χ0v) is 29.4. The molecule has 1 aliphatic heterocycles. The van der Waals surface area contributed by atoms with Crippen LogP contribution in [0.4, 0.5) is 0 Å². The number of nitrogens with zero attached hydrogens (tertiary/aromatic N) is 2. The maximum absolute atomic E-state index is 5.42. The normalized spacial score (nSPS) is 13.7. The molecule has 2 aromatic heterocycles. The smallest absolute Gasteiger partial charge is 0.138 e. The van der Waals surface area contributed by atoms with Gasteiger partial charge in [0.1, 0.15) is 5.82 Å². The Labute approximate surface area is 311 Å². The van der Waals surface area contributed by atoms with Crippen LogP contribution in [0.1, 0.15) is 22.3 Å². The average Bonchev–Trinajstić information content (AvgIpc) is 3.73. The summed E-state index contributed by atoms with van der Waals surface area (Å²) in [5.41, 5.74) is 13.3. The van der Waals surface area contributed by atoms with Crippen molar-refractivity contribution in [2.75, 3.05) is 0 Å². The van der Waals surface area contributed by atoms with Crippen LogP contribution in [0.3, 0.4) is 0 Å². The monoisotopic (exact) mass is 690 g/mol. The number of para-hydroxylation sites is 1. The Morgan fingerprint density at radius 2 is 1.08 bits per heavy atom. The van der Waals surface area contributed by atoms with Gasteiger partial charge in [-0.3, -0.25) is 4.57 Å². The minimum absolute atomic E-state index is 0.445. The molecule has 53 heavy (non-hydrogen) atoms. The molecule has 0 N–H and O–H groups in total. The molecule has 1 spiro atoms. The van der Waals surface area contributed by atoms with Crippen molar-refractivity contribution >= 4 is 55.2 Å². The van der Waals surface area contributed by atoms with Gasteiger partial charge in [-0.05, 0) is 85.6 Å². The molecule has 3 heterocycles. The Morgan fingerprint density at radius 1 is 0.453 bits per heavy atom. The highest BCUT2D eigenvalue weighted by molar-refractivity contribution is 7.99. The largest absolute Gasteiger partial charge is 0.294 e. The van der Waals surface area contributed by atoms with Gasteiger partial charge in [0, 0.05) is 25.9 Å². The van der Waals surface area contributed by atoms with E-state index in [0.29, 0.717) is 0 Å². The summed E-state index contributed by atoms with van der Waals surface area (Å²) in [4.78, 5) is 8.04. The zero-order chi connectivity index (χ0) is 34.7. The number of pyridine rings is 1. The first-order valence-corrected chi connectivity index (χ1v) is 19.0. The summed E-state index contributed by atoms with van der Waals surface area (Å²) < 4.78 is 2.42. The number of benzene rings is 8. The lowest BCUT2D eigenvalue weighted by molar-refractivity contribution is 0.726. The number of hydrogen-bond acceptors (Lipinski definition) is 2. The van der Waals surface area contributed by atoms with Gasteiger partial charge < -0.3 is 0 Å². The number of aromatic nitrogens is 2. The van der Waals surface area contributed by atoms with Crippen molar-refractivity contribution < 1.29 is 0 Å². The van der Waals surface area contributed by atoms with Crippen LogP contribution in [0.15, 0.2) is 192 Å². The summed E-state index contributed by atoms with van der Waals surface area (Å²) in [6.45, 7) is 0. The fraction of sp³-hybridized carbons (Fsp3) is 0.0200. The van der Waals surface area contributed by atoms with Crippen molar-refractivity contribution in [3.63, 3.8) is 0 Å². The van der Waals surface area contributed by atoms with Gasteiger partial charge >= 0.3 is 0 Å². The van der Waals surface area contributed by atoms with E-state index in [1.54, 1.807) is 0 Å². The lowest BCUT2D eigenvalue weighted by atomic mass is 9.67. The van der Waals surface area contributed by atoms with E-state index in [4.69, 9.17) is 4.98 Å². The quantitative estimate of drug-likeness (QED) is 0.180. The first-order chi connectivity index (χ1) is 26.3. The molecule has 0 saturated heterocycles. The van der Waals surface area contributed by atoms with Gasteiger partial charge in [0.2, 0.25) is 0 Å². The van der Waals surface area contributed by atoms with Gasteiger partial charge in [0.25, 0.3) is 0 Å². The van der Waals surface area contributed by atoms with Crippen molar-refractivity contribution in [1.82, 2.24) is 9.55 Å². The topological polar surface area (TPSA) is 17.8 Å². The summed E-state index contributed by atoms with van der Waals surface area (Å²) >= 11 is 1.92. The second-order valence-electron chi connectivity index (χ2n) is 14.2. The molecule has 0 atom stereocenters. The van der Waals surface area contributed by atoms with E-state index in [9.17, 15) is 0 Å². The molecule has 2 nitrogen and oxygen atoms in total. The second-order valence-corrected chi connectivity index (χ2v) is 15.3. The van der Waals surface area contributed by atoms with Crippen LogP contribution < -0.4 is 0 Å². The Hall–Kier alpha value is -6.42. The van der Waals surface area contributed by atoms with Gasteiger partial charge in [-0.2, -0.15) is 0 Å². The van der Waals surface area contributed by atoms with E-state index in [2.05, 4.69) is 187 Å². The third kappa shape index (κ3) is 3.82. The van der Waals surface area contributed by atoms with Crippen molar-refractivity contribution in [3.8, 4) is 28.1 Å². The van der Waals surface area contributed by atoms with Crippen LogP contribution >= 0.6 is 11.8 Å². The van der Waals surface area contributed by atoms with Gasteiger partial charge in [-0.25, -0.2) is 4.98 Å². The third-order valence-electron chi connectivity index (χ3n) is 11.7. The van der Waals surface area contributed by atoms with Crippen LogP contribution in [0.25, 0.3) is 71.6 Å². The van der Waals surface area contributed by atoms with Crippen LogP contribution in [0.2, 0.25) is 0 Å². The molecule has 0 amide bonds.